The first-order valence-corrected chi connectivity index (χ1v) is 7.90. The van der Waals surface area contributed by atoms with Crippen molar-refractivity contribution in [1.29, 1.82) is 0 Å². The molecule has 1 aliphatic carbocycles. The number of amides is 1. The van der Waals surface area contributed by atoms with E-state index in [1.165, 1.54) is 11.1 Å². The number of aryl methyl sites for hydroxylation is 1. The summed E-state index contributed by atoms with van der Waals surface area (Å²) in [5, 5.41) is 12.4. The number of carbonyl (C=O) groups excluding carboxylic acids is 1. The first-order valence-electron chi connectivity index (χ1n) is 7.90. The molecule has 1 aromatic rings. The van der Waals surface area contributed by atoms with Crippen LogP contribution in [-0.4, -0.2) is 23.7 Å². The molecule has 0 fully saturated rings. The molecule has 0 bridgehead atoms. The molecule has 2 N–H and O–H groups in total. The van der Waals surface area contributed by atoms with Gasteiger partial charge in [-0.05, 0) is 42.2 Å². The second-order valence-corrected chi connectivity index (χ2v) is 7.15. The van der Waals surface area contributed by atoms with E-state index in [4.69, 9.17) is 0 Å². The minimum Gasteiger partial charge on any atom is -0.396 e. The summed E-state index contributed by atoms with van der Waals surface area (Å²) in [6, 6.07) is 8.42. The molecule has 0 aromatic heterocycles. The van der Waals surface area contributed by atoms with E-state index in [0.29, 0.717) is 6.42 Å². The summed E-state index contributed by atoms with van der Waals surface area (Å²) in [7, 11) is 0. The Morgan fingerprint density at radius 2 is 2.00 bits per heavy atom. The molecule has 2 rings (SSSR count). The molecular formula is C18H27NO2. The van der Waals surface area contributed by atoms with Crippen molar-refractivity contribution in [2.45, 2.75) is 52.5 Å². The largest absolute Gasteiger partial charge is 0.396 e. The van der Waals surface area contributed by atoms with Crippen LogP contribution in [0.4, 0.5) is 0 Å². The van der Waals surface area contributed by atoms with Crippen molar-refractivity contribution in [3.05, 3.63) is 35.4 Å². The quantitative estimate of drug-likeness (QED) is 0.895. The van der Waals surface area contributed by atoms with Gasteiger partial charge in [0.05, 0.1) is 0 Å². The van der Waals surface area contributed by atoms with Gasteiger partial charge in [0, 0.05) is 18.6 Å². The third kappa shape index (κ3) is 4.07. The van der Waals surface area contributed by atoms with Gasteiger partial charge in [-0.1, -0.05) is 45.0 Å². The zero-order valence-corrected chi connectivity index (χ0v) is 13.4. The average molecular weight is 289 g/mol. The van der Waals surface area contributed by atoms with Crippen molar-refractivity contribution in [3.63, 3.8) is 0 Å². The molecule has 0 aliphatic heterocycles. The lowest BCUT2D eigenvalue weighted by atomic mass is 9.81. The molecule has 3 nitrogen and oxygen atoms in total. The van der Waals surface area contributed by atoms with Crippen molar-refractivity contribution < 1.29 is 9.90 Å². The fraction of sp³-hybridized carbons (Fsp3) is 0.611. The fourth-order valence-corrected chi connectivity index (χ4v) is 3.06. The van der Waals surface area contributed by atoms with Crippen LogP contribution in [-0.2, 0) is 17.6 Å². The zero-order valence-electron chi connectivity index (χ0n) is 13.4. The highest BCUT2D eigenvalue weighted by Gasteiger charge is 2.30. The van der Waals surface area contributed by atoms with E-state index in [1.54, 1.807) is 0 Å². The average Bonchev–Trinajstić information content (AvgIpc) is 2.45. The Balaban J connectivity index is 2.01. The fourth-order valence-electron chi connectivity index (χ4n) is 3.06. The molecule has 1 aromatic carbocycles. The zero-order chi connectivity index (χ0) is 15.5. The summed E-state index contributed by atoms with van der Waals surface area (Å²) < 4.78 is 0. The second kappa shape index (κ2) is 6.61. The van der Waals surface area contributed by atoms with Gasteiger partial charge in [0.1, 0.15) is 0 Å². The normalized spacial score (nSPS) is 19.7. The number of rotatable bonds is 4. The van der Waals surface area contributed by atoms with Crippen LogP contribution >= 0.6 is 0 Å². The highest BCUT2D eigenvalue weighted by molar-refractivity contribution is 5.79. The van der Waals surface area contributed by atoms with Gasteiger partial charge in [0.2, 0.25) is 5.91 Å². The Bertz CT molecular complexity index is 490. The lowest BCUT2D eigenvalue weighted by Crippen LogP contribution is -2.47. The van der Waals surface area contributed by atoms with Gasteiger partial charge in [-0.25, -0.2) is 0 Å². The maximum Gasteiger partial charge on any atom is 0.223 e. The molecule has 1 aliphatic rings. The Labute approximate surface area is 127 Å². The summed E-state index contributed by atoms with van der Waals surface area (Å²) in [4.78, 5) is 12.5. The predicted molar refractivity (Wildman–Crippen MR) is 85.0 cm³/mol. The molecule has 0 radical (unpaired) electrons. The minimum atomic E-state index is -0.0367. The SMILES string of the molecule is CC(C)(C)C(CCO)NC(=O)C1CCc2ccccc2C1. The van der Waals surface area contributed by atoms with Crippen LogP contribution in [0.3, 0.4) is 0 Å². The van der Waals surface area contributed by atoms with Crippen LogP contribution < -0.4 is 5.32 Å². The molecule has 0 spiro atoms. The first-order chi connectivity index (χ1) is 9.91. The molecule has 0 heterocycles. The summed E-state index contributed by atoms with van der Waals surface area (Å²) >= 11 is 0. The van der Waals surface area contributed by atoms with E-state index in [9.17, 15) is 9.90 Å². The molecule has 116 valence electrons. The van der Waals surface area contributed by atoms with E-state index in [2.05, 4.69) is 44.3 Å². The van der Waals surface area contributed by atoms with Gasteiger partial charge in [-0.2, -0.15) is 0 Å². The molecule has 2 unspecified atom stereocenters. The lowest BCUT2D eigenvalue weighted by Gasteiger charge is -2.33. The van der Waals surface area contributed by atoms with E-state index in [1.807, 2.05) is 6.07 Å². The molecule has 1 amide bonds. The lowest BCUT2D eigenvalue weighted by molar-refractivity contribution is -0.127. The highest BCUT2D eigenvalue weighted by atomic mass is 16.3. The van der Waals surface area contributed by atoms with Crippen LogP contribution in [0.5, 0.6) is 0 Å². The van der Waals surface area contributed by atoms with Crippen LogP contribution in [0.1, 0.15) is 44.7 Å². The molecular weight excluding hydrogens is 262 g/mol. The third-order valence-corrected chi connectivity index (χ3v) is 4.50. The predicted octanol–water partition coefficient (Wildman–Crippen LogP) is 2.70. The first kappa shape index (κ1) is 16.0. The van der Waals surface area contributed by atoms with Gasteiger partial charge in [0.15, 0.2) is 0 Å². The van der Waals surface area contributed by atoms with Crippen LogP contribution in [0.2, 0.25) is 0 Å². The molecule has 0 saturated heterocycles. The van der Waals surface area contributed by atoms with Crippen LogP contribution in [0, 0.1) is 11.3 Å². The Morgan fingerprint density at radius 1 is 1.33 bits per heavy atom. The Kier molecular flexibility index (Phi) is 5.04. The third-order valence-electron chi connectivity index (χ3n) is 4.50. The molecule has 21 heavy (non-hydrogen) atoms. The molecule has 2 atom stereocenters. The number of benzene rings is 1. The standard InChI is InChI=1S/C18H27NO2/c1-18(2,3)16(10-11-20)19-17(21)15-9-8-13-6-4-5-7-14(13)12-15/h4-7,15-16,20H,8-12H2,1-3H3,(H,19,21). The van der Waals surface area contributed by atoms with E-state index < -0.39 is 0 Å². The van der Waals surface area contributed by atoms with Crippen molar-refractivity contribution in [3.8, 4) is 0 Å². The van der Waals surface area contributed by atoms with Crippen molar-refractivity contribution in [2.24, 2.45) is 11.3 Å². The summed E-state index contributed by atoms with van der Waals surface area (Å²) in [6.45, 7) is 6.41. The van der Waals surface area contributed by atoms with Crippen molar-refractivity contribution >= 4 is 5.91 Å². The van der Waals surface area contributed by atoms with Gasteiger partial charge < -0.3 is 10.4 Å². The Hall–Kier alpha value is -1.35. The van der Waals surface area contributed by atoms with Crippen LogP contribution in [0.15, 0.2) is 24.3 Å². The van der Waals surface area contributed by atoms with Gasteiger partial charge >= 0.3 is 0 Å². The van der Waals surface area contributed by atoms with Crippen molar-refractivity contribution in [2.75, 3.05) is 6.61 Å². The maximum absolute atomic E-state index is 12.5. The number of hydrogen-bond acceptors (Lipinski definition) is 2. The number of aliphatic hydroxyl groups excluding tert-OH is 1. The second-order valence-electron chi connectivity index (χ2n) is 7.15. The van der Waals surface area contributed by atoms with Crippen LogP contribution in [0.25, 0.3) is 0 Å². The van der Waals surface area contributed by atoms with Gasteiger partial charge in [-0.3, -0.25) is 4.79 Å². The number of carbonyl (C=O) groups is 1. The number of hydrogen-bond donors (Lipinski definition) is 2. The highest BCUT2D eigenvalue weighted by Crippen LogP contribution is 2.27. The van der Waals surface area contributed by atoms with E-state index in [-0.39, 0.29) is 29.9 Å². The summed E-state index contributed by atoms with van der Waals surface area (Å²) in [5.74, 6) is 0.196. The van der Waals surface area contributed by atoms with E-state index in [0.717, 1.165) is 19.3 Å². The van der Waals surface area contributed by atoms with Gasteiger partial charge in [0.25, 0.3) is 0 Å². The number of nitrogens with one attached hydrogen (secondary N) is 1. The Morgan fingerprint density at radius 3 is 2.62 bits per heavy atom. The van der Waals surface area contributed by atoms with E-state index >= 15 is 0 Å². The topological polar surface area (TPSA) is 49.3 Å². The van der Waals surface area contributed by atoms with Gasteiger partial charge in [-0.15, -0.1) is 0 Å². The maximum atomic E-state index is 12.5. The minimum absolute atomic E-state index is 0.0205. The smallest absolute Gasteiger partial charge is 0.223 e. The van der Waals surface area contributed by atoms with Crippen molar-refractivity contribution in [1.82, 2.24) is 5.32 Å². The number of aliphatic hydroxyl groups is 1. The summed E-state index contributed by atoms with van der Waals surface area (Å²) in [6.07, 6.45) is 3.34. The monoisotopic (exact) mass is 289 g/mol. The summed E-state index contributed by atoms with van der Waals surface area (Å²) in [5.41, 5.74) is 2.65. The number of fused-ring (bicyclic) bond motifs is 1. The molecule has 3 heteroatoms. The molecule has 0 saturated carbocycles.